The lowest BCUT2D eigenvalue weighted by atomic mass is 10.1. The minimum Gasteiger partial charge on any atom is -0.369 e. The Kier molecular flexibility index (Phi) is 4.85. The monoisotopic (exact) mass is 341 g/mol. The van der Waals surface area contributed by atoms with Crippen LogP contribution in [0.4, 0.5) is 0 Å². The zero-order valence-electron chi connectivity index (χ0n) is 14.3. The molecule has 2 heterocycles. The molecule has 0 saturated heterocycles. The van der Waals surface area contributed by atoms with Gasteiger partial charge in [0.1, 0.15) is 0 Å². The first kappa shape index (κ1) is 16.2. The van der Waals surface area contributed by atoms with Gasteiger partial charge in [0.2, 0.25) is 0 Å². The van der Waals surface area contributed by atoms with E-state index in [1.54, 1.807) is 0 Å². The number of ether oxygens (including phenoxy) is 1. The highest BCUT2D eigenvalue weighted by Crippen LogP contribution is 2.17. The molecule has 2 aromatic heterocycles. The second-order valence-corrected chi connectivity index (χ2v) is 5.96. The largest absolute Gasteiger partial charge is 0.369 e. The van der Waals surface area contributed by atoms with Crippen molar-refractivity contribution in [2.45, 2.75) is 13.2 Å². The van der Waals surface area contributed by atoms with Crippen LogP contribution < -0.4 is 0 Å². The maximum Gasteiger partial charge on any atom is 0.0911 e. The van der Waals surface area contributed by atoms with Gasteiger partial charge in [-0.15, -0.1) is 0 Å². The maximum atomic E-state index is 5.81. The van der Waals surface area contributed by atoms with Crippen LogP contribution in [0.3, 0.4) is 0 Å². The summed E-state index contributed by atoms with van der Waals surface area (Å²) in [7, 11) is 0. The lowest BCUT2D eigenvalue weighted by Gasteiger charge is -2.05. The van der Waals surface area contributed by atoms with Gasteiger partial charge in [0.15, 0.2) is 0 Å². The molecule has 0 amide bonds. The number of aromatic nitrogens is 3. The number of nitrogens with zero attached hydrogens (tertiary/aromatic N) is 3. The second kappa shape index (κ2) is 7.76. The van der Waals surface area contributed by atoms with E-state index in [0.29, 0.717) is 13.2 Å². The fraction of sp³-hybridized carbons (Fsp3) is 0.0909. The average Bonchev–Trinajstić information content (AvgIpc) is 3.19. The van der Waals surface area contributed by atoms with Gasteiger partial charge in [0.25, 0.3) is 0 Å². The molecule has 4 rings (SSSR count). The molecule has 0 aliphatic rings. The standard InChI is InChI=1S/C22H19N3O/c1-3-8-18(9-4-1)22-13-7-10-19(23-22)16-26-17-20-14-15-25(24-20)21-11-5-2-6-12-21/h1-15H,16-17H2. The van der Waals surface area contributed by atoms with Crippen molar-refractivity contribution in [3.05, 3.63) is 103 Å². The van der Waals surface area contributed by atoms with Crippen LogP contribution in [0.5, 0.6) is 0 Å². The summed E-state index contributed by atoms with van der Waals surface area (Å²) in [6.07, 6.45) is 1.95. The quantitative estimate of drug-likeness (QED) is 0.512. The molecule has 0 spiro atoms. The van der Waals surface area contributed by atoms with Gasteiger partial charge in [0, 0.05) is 11.8 Å². The van der Waals surface area contributed by atoms with E-state index < -0.39 is 0 Å². The summed E-state index contributed by atoms with van der Waals surface area (Å²) in [4.78, 5) is 4.68. The van der Waals surface area contributed by atoms with Crippen molar-refractivity contribution in [3.63, 3.8) is 0 Å². The van der Waals surface area contributed by atoms with E-state index in [1.807, 2.05) is 83.7 Å². The zero-order valence-corrected chi connectivity index (χ0v) is 14.3. The fourth-order valence-corrected chi connectivity index (χ4v) is 2.75. The van der Waals surface area contributed by atoms with Crippen LogP contribution in [0.15, 0.2) is 91.1 Å². The smallest absolute Gasteiger partial charge is 0.0911 e. The van der Waals surface area contributed by atoms with Gasteiger partial charge in [-0.05, 0) is 30.3 Å². The van der Waals surface area contributed by atoms with Crippen LogP contribution in [-0.4, -0.2) is 14.8 Å². The summed E-state index contributed by atoms with van der Waals surface area (Å²) in [5.41, 5.74) is 4.91. The van der Waals surface area contributed by atoms with Crippen LogP contribution in [-0.2, 0) is 18.0 Å². The Labute approximate surface area is 152 Å². The normalized spacial score (nSPS) is 10.8. The topological polar surface area (TPSA) is 39.9 Å². The van der Waals surface area contributed by atoms with Gasteiger partial charge < -0.3 is 4.74 Å². The first-order chi connectivity index (χ1) is 12.9. The van der Waals surface area contributed by atoms with Gasteiger partial charge in [-0.25, -0.2) is 4.68 Å². The number of hydrogen-bond donors (Lipinski definition) is 0. The number of pyridine rings is 1. The number of hydrogen-bond acceptors (Lipinski definition) is 3. The predicted octanol–water partition coefficient (Wildman–Crippen LogP) is 4.65. The highest BCUT2D eigenvalue weighted by Gasteiger charge is 2.04. The summed E-state index contributed by atoms with van der Waals surface area (Å²) in [6.45, 7) is 0.913. The van der Waals surface area contributed by atoms with Crippen molar-refractivity contribution in [2.75, 3.05) is 0 Å². The van der Waals surface area contributed by atoms with E-state index in [4.69, 9.17) is 4.74 Å². The summed E-state index contributed by atoms with van der Waals surface area (Å²) in [5.74, 6) is 0. The van der Waals surface area contributed by atoms with Crippen LogP contribution in [0.2, 0.25) is 0 Å². The molecule has 0 radical (unpaired) electrons. The molecule has 0 aliphatic carbocycles. The molecule has 128 valence electrons. The maximum absolute atomic E-state index is 5.81. The molecule has 4 nitrogen and oxygen atoms in total. The molecular formula is C22H19N3O. The Morgan fingerprint density at radius 3 is 2.23 bits per heavy atom. The molecular weight excluding hydrogens is 322 g/mol. The molecule has 0 aliphatic heterocycles. The van der Waals surface area contributed by atoms with Gasteiger partial charge in [0.05, 0.1) is 36.0 Å². The predicted molar refractivity (Wildman–Crippen MR) is 102 cm³/mol. The lowest BCUT2D eigenvalue weighted by Crippen LogP contribution is -2.00. The van der Waals surface area contributed by atoms with Crippen LogP contribution in [0.25, 0.3) is 16.9 Å². The molecule has 4 aromatic rings. The van der Waals surface area contributed by atoms with Crippen molar-refractivity contribution >= 4 is 0 Å². The minimum absolute atomic E-state index is 0.455. The summed E-state index contributed by atoms with van der Waals surface area (Å²) in [5, 5.41) is 4.55. The zero-order chi connectivity index (χ0) is 17.6. The Bertz CT molecular complexity index is 965. The highest BCUT2D eigenvalue weighted by atomic mass is 16.5. The van der Waals surface area contributed by atoms with E-state index in [2.05, 4.69) is 22.2 Å². The summed E-state index contributed by atoms with van der Waals surface area (Å²) >= 11 is 0. The highest BCUT2D eigenvalue weighted by molar-refractivity contribution is 5.58. The molecule has 0 N–H and O–H groups in total. The summed E-state index contributed by atoms with van der Waals surface area (Å²) in [6, 6.07) is 28.2. The van der Waals surface area contributed by atoms with Crippen LogP contribution in [0, 0.1) is 0 Å². The van der Waals surface area contributed by atoms with Gasteiger partial charge in [-0.2, -0.15) is 5.10 Å². The van der Waals surface area contributed by atoms with Crippen molar-refractivity contribution in [1.82, 2.24) is 14.8 Å². The van der Waals surface area contributed by atoms with Crippen molar-refractivity contribution in [1.29, 1.82) is 0 Å². The van der Waals surface area contributed by atoms with Crippen molar-refractivity contribution < 1.29 is 4.74 Å². The number of rotatable bonds is 6. The molecule has 0 saturated carbocycles. The Morgan fingerprint density at radius 2 is 1.42 bits per heavy atom. The third-order valence-electron chi connectivity index (χ3n) is 4.04. The summed E-state index contributed by atoms with van der Waals surface area (Å²) < 4.78 is 7.66. The van der Waals surface area contributed by atoms with Gasteiger partial charge in [-0.3, -0.25) is 4.98 Å². The Morgan fingerprint density at radius 1 is 0.692 bits per heavy atom. The molecule has 0 bridgehead atoms. The van der Waals surface area contributed by atoms with E-state index in [9.17, 15) is 0 Å². The SMILES string of the molecule is c1ccc(-c2cccc(COCc3ccn(-c4ccccc4)n3)n2)cc1. The molecule has 0 unspecified atom stereocenters. The Balaban J connectivity index is 1.38. The van der Waals surface area contributed by atoms with Crippen molar-refractivity contribution in [3.8, 4) is 16.9 Å². The molecule has 4 heteroatoms. The second-order valence-electron chi connectivity index (χ2n) is 5.96. The first-order valence-corrected chi connectivity index (χ1v) is 8.57. The van der Waals surface area contributed by atoms with Gasteiger partial charge >= 0.3 is 0 Å². The van der Waals surface area contributed by atoms with Crippen molar-refractivity contribution in [2.24, 2.45) is 0 Å². The molecule has 0 fully saturated rings. The molecule has 26 heavy (non-hydrogen) atoms. The van der Waals surface area contributed by atoms with E-state index >= 15 is 0 Å². The lowest BCUT2D eigenvalue weighted by molar-refractivity contribution is 0.102. The van der Waals surface area contributed by atoms with E-state index in [-0.39, 0.29) is 0 Å². The third-order valence-corrected chi connectivity index (χ3v) is 4.04. The minimum atomic E-state index is 0.455. The average molecular weight is 341 g/mol. The van der Waals surface area contributed by atoms with E-state index in [0.717, 1.165) is 28.3 Å². The molecule has 0 atom stereocenters. The fourth-order valence-electron chi connectivity index (χ4n) is 2.75. The number of benzene rings is 2. The van der Waals surface area contributed by atoms with Gasteiger partial charge in [-0.1, -0.05) is 54.6 Å². The Hall–Kier alpha value is -3.24. The van der Waals surface area contributed by atoms with Crippen LogP contribution >= 0.6 is 0 Å². The number of para-hydroxylation sites is 1. The van der Waals surface area contributed by atoms with Crippen LogP contribution in [0.1, 0.15) is 11.4 Å². The molecule has 2 aromatic carbocycles. The first-order valence-electron chi connectivity index (χ1n) is 8.57. The van der Waals surface area contributed by atoms with E-state index in [1.165, 1.54) is 0 Å². The third kappa shape index (κ3) is 3.87.